The third kappa shape index (κ3) is 2.32. The number of ether oxygens (including phenoxy) is 1. The highest BCUT2D eigenvalue weighted by molar-refractivity contribution is 7.18. The molecule has 0 aliphatic carbocycles. The first-order chi connectivity index (χ1) is 8.52. The van der Waals surface area contributed by atoms with Crippen molar-refractivity contribution in [2.75, 3.05) is 12.8 Å². The molecule has 0 bridgehead atoms. The predicted molar refractivity (Wildman–Crippen MR) is 70.5 cm³/mol. The van der Waals surface area contributed by atoms with Crippen LogP contribution >= 0.6 is 22.9 Å². The molecule has 0 radical (unpaired) electrons. The number of thiophene rings is 1. The van der Waals surface area contributed by atoms with Gasteiger partial charge in [0.1, 0.15) is 10.7 Å². The van der Waals surface area contributed by atoms with Crippen molar-refractivity contribution < 1.29 is 13.9 Å². The zero-order valence-corrected chi connectivity index (χ0v) is 10.9. The van der Waals surface area contributed by atoms with Gasteiger partial charge in [-0.3, -0.25) is 0 Å². The van der Waals surface area contributed by atoms with E-state index >= 15 is 0 Å². The molecule has 0 aliphatic rings. The largest absolute Gasteiger partial charge is 0.465 e. The molecule has 0 aliphatic heterocycles. The number of rotatable bonds is 2. The molecule has 94 valence electrons. The first kappa shape index (κ1) is 12.9. The van der Waals surface area contributed by atoms with Crippen LogP contribution in [0.5, 0.6) is 0 Å². The van der Waals surface area contributed by atoms with E-state index in [1.807, 2.05) is 0 Å². The van der Waals surface area contributed by atoms with Crippen molar-refractivity contribution in [1.29, 1.82) is 0 Å². The average Bonchev–Trinajstić information content (AvgIpc) is 2.74. The van der Waals surface area contributed by atoms with E-state index < -0.39 is 11.8 Å². The van der Waals surface area contributed by atoms with Gasteiger partial charge in [0, 0.05) is 4.88 Å². The van der Waals surface area contributed by atoms with Crippen LogP contribution in [0, 0.1) is 5.82 Å². The number of carbonyl (C=O) groups is 1. The second kappa shape index (κ2) is 4.96. The fourth-order valence-electron chi connectivity index (χ4n) is 1.45. The highest BCUT2D eigenvalue weighted by Crippen LogP contribution is 2.35. The number of carbonyl (C=O) groups excluding carboxylic acids is 1. The zero-order chi connectivity index (χ0) is 13.3. The van der Waals surface area contributed by atoms with Crippen LogP contribution in [0.3, 0.4) is 0 Å². The van der Waals surface area contributed by atoms with Gasteiger partial charge in [-0.25, -0.2) is 9.18 Å². The van der Waals surface area contributed by atoms with Gasteiger partial charge >= 0.3 is 5.97 Å². The van der Waals surface area contributed by atoms with Gasteiger partial charge in [-0.2, -0.15) is 0 Å². The number of nitrogens with two attached hydrogens (primary N) is 1. The Morgan fingerprint density at radius 2 is 2.17 bits per heavy atom. The lowest BCUT2D eigenvalue weighted by Gasteiger charge is -1.99. The molecule has 1 aromatic carbocycles. The van der Waals surface area contributed by atoms with Gasteiger partial charge in [0.15, 0.2) is 0 Å². The Morgan fingerprint density at radius 1 is 1.44 bits per heavy atom. The molecule has 1 aromatic heterocycles. The van der Waals surface area contributed by atoms with Gasteiger partial charge in [0.05, 0.1) is 17.8 Å². The average molecular weight is 286 g/mol. The first-order valence-electron chi connectivity index (χ1n) is 4.96. The SMILES string of the molecule is COC(=O)c1sc(-c2ccc(F)c(Cl)c2)cc1N. The molecule has 2 aromatic rings. The molecule has 0 spiro atoms. The lowest BCUT2D eigenvalue weighted by atomic mass is 10.2. The first-order valence-corrected chi connectivity index (χ1v) is 6.15. The van der Waals surface area contributed by atoms with E-state index in [2.05, 4.69) is 4.74 Å². The fraction of sp³-hybridized carbons (Fsp3) is 0.0833. The van der Waals surface area contributed by atoms with Gasteiger partial charge in [-0.15, -0.1) is 11.3 Å². The molecule has 2 N–H and O–H groups in total. The van der Waals surface area contributed by atoms with Crippen molar-refractivity contribution in [1.82, 2.24) is 0 Å². The van der Waals surface area contributed by atoms with E-state index in [1.54, 1.807) is 12.1 Å². The third-order valence-electron chi connectivity index (χ3n) is 2.34. The van der Waals surface area contributed by atoms with Crippen LogP contribution in [0.25, 0.3) is 10.4 Å². The fourth-order valence-corrected chi connectivity index (χ4v) is 2.62. The summed E-state index contributed by atoms with van der Waals surface area (Å²) in [5, 5.41) is 0.0269. The second-order valence-corrected chi connectivity index (χ2v) is 4.97. The molecule has 0 saturated heterocycles. The van der Waals surface area contributed by atoms with E-state index in [0.717, 1.165) is 4.88 Å². The van der Waals surface area contributed by atoms with Gasteiger partial charge in [0.2, 0.25) is 0 Å². The van der Waals surface area contributed by atoms with E-state index in [-0.39, 0.29) is 5.02 Å². The molecule has 6 heteroatoms. The summed E-state index contributed by atoms with van der Waals surface area (Å²) in [6.07, 6.45) is 0. The number of nitrogen functional groups attached to an aromatic ring is 1. The molecule has 0 amide bonds. The Kier molecular flexibility index (Phi) is 3.54. The minimum Gasteiger partial charge on any atom is -0.465 e. The van der Waals surface area contributed by atoms with Crippen molar-refractivity contribution in [3.05, 3.63) is 40.0 Å². The maximum absolute atomic E-state index is 13.1. The second-order valence-electron chi connectivity index (χ2n) is 3.52. The number of halogens is 2. The smallest absolute Gasteiger partial charge is 0.350 e. The summed E-state index contributed by atoms with van der Waals surface area (Å²) in [7, 11) is 1.29. The van der Waals surface area contributed by atoms with Crippen molar-refractivity contribution in [3.8, 4) is 10.4 Å². The molecule has 0 atom stereocenters. The van der Waals surface area contributed by atoms with Gasteiger partial charge in [-0.1, -0.05) is 17.7 Å². The Labute approximate surface area is 112 Å². The number of esters is 1. The van der Waals surface area contributed by atoms with Crippen LogP contribution in [-0.2, 0) is 4.74 Å². The van der Waals surface area contributed by atoms with E-state index in [9.17, 15) is 9.18 Å². The van der Waals surface area contributed by atoms with Crippen molar-refractivity contribution in [2.24, 2.45) is 0 Å². The molecule has 1 heterocycles. The topological polar surface area (TPSA) is 52.3 Å². The number of hydrogen-bond donors (Lipinski definition) is 1. The lowest BCUT2D eigenvalue weighted by molar-refractivity contribution is 0.0607. The Balaban J connectivity index is 2.45. The van der Waals surface area contributed by atoms with E-state index in [1.165, 1.54) is 30.6 Å². The molecule has 18 heavy (non-hydrogen) atoms. The number of anilines is 1. The van der Waals surface area contributed by atoms with Crippen LogP contribution in [-0.4, -0.2) is 13.1 Å². The summed E-state index contributed by atoms with van der Waals surface area (Å²) in [6, 6.07) is 5.97. The van der Waals surface area contributed by atoms with Crippen LogP contribution < -0.4 is 5.73 Å². The lowest BCUT2D eigenvalue weighted by Crippen LogP contribution is -2.00. The maximum atomic E-state index is 13.1. The maximum Gasteiger partial charge on any atom is 0.350 e. The van der Waals surface area contributed by atoms with Crippen molar-refractivity contribution >= 4 is 34.6 Å². The molecule has 0 saturated carbocycles. The quantitative estimate of drug-likeness (QED) is 0.858. The molecule has 0 fully saturated rings. The minimum atomic E-state index is -0.489. The number of hydrogen-bond acceptors (Lipinski definition) is 4. The van der Waals surface area contributed by atoms with Gasteiger partial charge in [-0.05, 0) is 23.8 Å². The van der Waals surface area contributed by atoms with Crippen LogP contribution in [0.15, 0.2) is 24.3 Å². The highest BCUT2D eigenvalue weighted by Gasteiger charge is 2.16. The third-order valence-corrected chi connectivity index (χ3v) is 3.81. The summed E-state index contributed by atoms with van der Waals surface area (Å²) in [5.41, 5.74) is 6.76. The summed E-state index contributed by atoms with van der Waals surface area (Å²) in [5.74, 6) is -0.977. The van der Waals surface area contributed by atoms with Crippen LogP contribution in [0.1, 0.15) is 9.67 Å². The number of benzene rings is 1. The highest BCUT2D eigenvalue weighted by atomic mass is 35.5. The molecule has 0 unspecified atom stereocenters. The molecular formula is C12H9ClFNO2S. The monoisotopic (exact) mass is 285 g/mol. The Morgan fingerprint density at radius 3 is 2.78 bits per heavy atom. The van der Waals surface area contributed by atoms with Crippen molar-refractivity contribution in [2.45, 2.75) is 0 Å². The Hall–Kier alpha value is -1.59. The predicted octanol–water partition coefficient (Wildman–Crippen LogP) is 3.58. The van der Waals surface area contributed by atoms with Crippen LogP contribution in [0.4, 0.5) is 10.1 Å². The Bertz CT molecular complexity index is 612. The van der Waals surface area contributed by atoms with Gasteiger partial charge < -0.3 is 10.5 Å². The molecular weight excluding hydrogens is 277 g/mol. The normalized spacial score (nSPS) is 10.4. The minimum absolute atomic E-state index is 0.0269. The van der Waals surface area contributed by atoms with E-state index in [0.29, 0.717) is 16.1 Å². The number of methoxy groups -OCH3 is 1. The summed E-state index contributed by atoms with van der Waals surface area (Å²) >= 11 is 6.89. The zero-order valence-electron chi connectivity index (χ0n) is 9.37. The summed E-state index contributed by atoms with van der Waals surface area (Å²) < 4.78 is 17.7. The summed E-state index contributed by atoms with van der Waals surface area (Å²) in [6.45, 7) is 0. The van der Waals surface area contributed by atoms with Gasteiger partial charge in [0.25, 0.3) is 0 Å². The summed E-state index contributed by atoms with van der Waals surface area (Å²) in [4.78, 5) is 12.5. The van der Waals surface area contributed by atoms with E-state index in [4.69, 9.17) is 17.3 Å². The molecule has 2 rings (SSSR count). The van der Waals surface area contributed by atoms with Crippen LogP contribution in [0.2, 0.25) is 5.02 Å². The standard InChI is InChI=1S/C12H9ClFNO2S/c1-17-12(16)11-9(15)5-10(18-11)6-2-3-8(14)7(13)4-6/h2-5H,15H2,1H3. The van der Waals surface area contributed by atoms with Crippen molar-refractivity contribution in [3.63, 3.8) is 0 Å². The molecule has 3 nitrogen and oxygen atoms in total.